The van der Waals surface area contributed by atoms with E-state index in [1.807, 2.05) is 31.4 Å². The molecule has 6 heteroatoms. The van der Waals surface area contributed by atoms with Gasteiger partial charge in [0.1, 0.15) is 5.75 Å². The molecular weight excluding hydrogens is 328 g/mol. The number of rotatable bonds is 8. The summed E-state index contributed by atoms with van der Waals surface area (Å²) in [6.45, 7) is 2.33. The van der Waals surface area contributed by atoms with Gasteiger partial charge in [0.25, 0.3) is 0 Å². The van der Waals surface area contributed by atoms with Gasteiger partial charge in [-0.15, -0.1) is 0 Å². The van der Waals surface area contributed by atoms with Gasteiger partial charge in [-0.25, -0.2) is 0 Å². The smallest absolute Gasteiger partial charge is 0.250 e. The summed E-state index contributed by atoms with van der Waals surface area (Å²) < 4.78 is 6.93. The molecule has 0 radical (unpaired) electrons. The van der Waals surface area contributed by atoms with E-state index >= 15 is 0 Å². The summed E-state index contributed by atoms with van der Waals surface area (Å²) in [5.41, 5.74) is 1.25. The third kappa shape index (κ3) is 5.95. The van der Waals surface area contributed by atoms with E-state index in [1.54, 1.807) is 30.9 Å². The van der Waals surface area contributed by atoms with E-state index in [-0.39, 0.29) is 5.56 Å². The van der Waals surface area contributed by atoms with Crippen molar-refractivity contribution < 1.29 is 4.74 Å². The third-order valence-corrected chi connectivity index (χ3v) is 4.16. The summed E-state index contributed by atoms with van der Waals surface area (Å²) in [5.74, 6) is 1.72. The molecule has 0 spiro atoms. The molecule has 0 saturated heterocycles. The highest BCUT2D eigenvalue weighted by atomic mass is 16.5. The van der Waals surface area contributed by atoms with Crippen LogP contribution in [0.5, 0.6) is 5.75 Å². The Bertz CT molecular complexity index is 753. The number of guanidine groups is 1. The van der Waals surface area contributed by atoms with Gasteiger partial charge >= 0.3 is 0 Å². The Labute approximate surface area is 155 Å². The van der Waals surface area contributed by atoms with Crippen LogP contribution in [0.4, 0.5) is 0 Å². The fraction of sp³-hybridized carbons (Fsp3) is 0.400. The first-order chi connectivity index (χ1) is 12.6. The fourth-order valence-electron chi connectivity index (χ4n) is 2.72. The number of methoxy groups -OCH3 is 1. The van der Waals surface area contributed by atoms with Crippen LogP contribution in [0.3, 0.4) is 0 Å². The van der Waals surface area contributed by atoms with Crippen molar-refractivity contribution in [2.75, 3.05) is 27.7 Å². The average molecular weight is 356 g/mol. The van der Waals surface area contributed by atoms with Gasteiger partial charge < -0.3 is 19.5 Å². The van der Waals surface area contributed by atoms with Crippen molar-refractivity contribution in [1.82, 2.24) is 14.8 Å². The number of aryl methyl sites for hydroxylation is 1. The topological polar surface area (TPSA) is 58.9 Å². The van der Waals surface area contributed by atoms with E-state index in [0.29, 0.717) is 0 Å². The van der Waals surface area contributed by atoms with Gasteiger partial charge in [0, 0.05) is 46.0 Å². The Kier molecular flexibility index (Phi) is 7.74. The number of ether oxygens (including phenoxy) is 1. The molecule has 2 rings (SSSR count). The number of benzene rings is 1. The molecule has 0 amide bonds. The highest BCUT2D eigenvalue weighted by Crippen LogP contribution is 2.12. The zero-order valence-corrected chi connectivity index (χ0v) is 15.8. The molecule has 0 fully saturated rings. The Morgan fingerprint density at radius 2 is 1.96 bits per heavy atom. The molecular formula is C20H28N4O2. The molecule has 0 aliphatic carbocycles. The third-order valence-electron chi connectivity index (χ3n) is 4.16. The van der Waals surface area contributed by atoms with Crippen LogP contribution >= 0.6 is 0 Å². The van der Waals surface area contributed by atoms with E-state index in [1.165, 1.54) is 5.56 Å². The first-order valence-corrected chi connectivity index (χ1v) is 8.84. The molecule has 1 N–H and O–H groups in total. The second-order valence-electron chi connectivity index (χ2n) is 6.12. The number of nitrogens with one attached hydrogen (secondary N) is 1. The predicted molar refractivity (Wildman–Crippen MR) is 106 cm³/mol. The van der Waals surface area contributed by atoms with Crippen LogP contribution < -0.4 is 15.6 Å². The van der Waals surface area contributed by atoms with Crippen molar-refractivity contribution in [3.8, 4) is 5.75 Å². The summed E-state index contributed by atoms with van der Waals surface area (Å²) >= 11 is 0. The lowest BCUT2D eigenvalue weighted by atomic mass is 10.2. The van der Waals surface area contributed by atoms with Crippen LogP contribution in [0.25, 0.3) is 0 Å². The van der Waals surface area contributed by atoms with Crippen molar-refractivity contribution in [1.29, 1.82) is 0 Å². The summed E-state index contributed by atoms with van der Waals surface area (Å²) in [5, 5.41) is 3.38. The molecule has 0 atom stereocenters. The number of nitrogens with zero attached hydrogens (tertiary/aromatic N) is 3. The lowest BCUT2D eigenvalue weighted by Gasteiger charge is -2.22. The molecule has 1 aromatic heterocycles. The second kappa shape index (κ2) is 10.3. The monoisotopic (exact) mass is 356 g/mol. The van der Waals surface area contributed by atoms with Crippen molar-refractivity contribution in [3.05, 3.63) is 64.6 Å². The minimum atomic E-state index is 0.0514. The van der Waals surface area contributed by atoms with Gasteiger partial charge in [-0.2, -0.15) is 0 Å². The highest BCUT2D eigenvalue weighted by Gasteiger charge is 2.06. The molecule has 0 saturated carbocycles. The van der Waals surface area contributed by atoms with Gasteiger partial charge in [0.05, 0.1) is 7.11 Å². The average Bonchev–Trinajstić information content (AvgIpc) is 2.66. The Balaban J connectivity index is 1.74. The molecule has 0 unspecified atom stereocenters. The van der Waals surface area contributed by atoms with E-state index in [9.17, 15) is 4.79 Å². The van der Waals surface area contributed by atoms with Gasteiger partial charge in [-0.05, 0) is 36.6 Å². The Morgan fingerprint density at radius 3 is 2.62 bits per heavy atom. The number of pyridine rings is 1. The van der Waals surface area contributed by atoms with Crippen molar-refractivity contribution >= 4 is 5.96 Å². The summed E-state index contributed by atoms with van der Waals surface area (Å²) in [6.07, 6.45) is 3.74. The first-order valence-electron chi connectivity index (χ1n) is 8.84. The van der Waals surface area contributed by atoms with E-state index < -0.39 is 0 Å². The summed E-state index contributed by atoms with van der Waals surface area (Å²) in [6, 6.07) is 13.3. The Morgan fingerprint density at radius 1 is 1.19 bits per heavy atom. The van der Waals surface area contributed by atoms with Crippen molar-refractivity contribution in [2.24, 2.45) is 4.99 Å². The largest absolute Gasteiger partial charge is 0.497 e. The zero-order chi connectivity index (χ0) is 18.8. The van der Waals surface area contributed by atoms with Crippen LogP contribution in [-0.2, 0) is 13.1 Å². The van der Waals surface area contributed by atoms with Crippen LogP contribution in [0.1, 0.15) is 18.4 Å². The predicted octanol–water partition coefficient (Wildman–Crippen LogP) is 2.34. The van der Waals surface area contributed by atoms with Crippen LogP contribution in [-0.4, -0.2) is 43.2 Å². The minimum absolute atomic E-state index is 0.0514. The maximum atomic E-state index is 11.7. The lowest BCUT2D eigenvalue weighted by Crippen LogP contribution is -2.38. The second-order valence-corrected chi connectivity index (χ2v) is 6.12. The summed E-state index contributed by atoms with van der Waals surface area (Å²) in [7, 11) is 5.47. The number of aromatic nitrogens is 1. The maximum Gasteiger partial charge on any atom is 0.250 e. The van der Waals surface area contributed by atoms with Gasteiger partial charge in [-0.1, -0.05) is 18.2 Å². The number of unbranched alkanes of at least 4 members (excludes halogenated alkanes) is 1. The molecule has 1 aromatic carbocycles. The van der Waals surface area contributed by atoms with Crippen LogP contribution in [0.2, 0.25) is 0 Å². The van der Waals surface area contributed by atoms with E-state index in [0.717, 1.165) is 44.2 Å². The van der Waals surface area contributed by atoms with Gasteiger partial charge in [0.2, 0.25) is 5.56 Å². The van der Waals surface area contributed by atoms with E-state index in [4.69, 9.17) is 4.74 Å². The SMILES string of the molecule is CN=C(NCCCCn1ccccc1=O)N(C)Cc1ccc(OC)cc1. The molecule has 140 valence electrons. The van der Waals surface area contributed by atoms with Crippen LogP contribution in [0, 0.1) is 0 Å². The lowest BCUT2D eigenvalue weighted by molar-refractivity contribution is 0.414. The van der Waals surface area contributed by atoms with Gasteiger partial charge in [-0.3, -0.25) is 9.79 Å². The molecule has 1 heterocycles. The molecule has 0 aliphatic heterocycles. The molecule has 6 nitrogen and oxygen atoms in total. The maximum absolute atomic E-state index is 11.7. The van der Waals surface area contributed by atoms with Gasteiger partial charge in [0.15, 0.2) is 5.96 Å². The number of hydrogen-bond acceptors (Lipinski definition) is 3. The molecule has 2 aromatic rings. The zero-order valence-electron chi connectivity index (χ0n) is 15.8. The Hall–Kier alpha value is -2.76. The quantitative estimate of drug-likeness (QED) is 0.448. The van der Waals surface area contributed by atoms with E-state index in [2.05, 4.69) is 27.3 Å². The fourth-order valence-corrected chi connectivity index (χ4v) is 2.72. The number of hydrogen-bond donors (Lipinski definition) is 1. The molecule has 26 heavy (non-hydrogen) atoms. The minimum Gasteiger partial charge on any atom is -0.497 e. The standard InChI is InChI=1S/C20H28N4O2/c1-21-20(23(2)16-17-9-11-18(26-3)12-10-17)22-13-5-7-15-24-14-6-4-8-19(24)25/h4,6,8-12,14H,5,7,13,15-16H2,1-3H3,(H,21,22). The first kappa shape index (κ1) is 19.6. The summed E-state index contributed by atoms with van der Waals surface area (Å²) in [4.78, 5) is 18.1. The molecule has 0 bridgehead atoms. The van der Waals surface area contributed by atoms with Crippen molar-refractivity contribution in [2.45, 2.75) is 25.9 Å². The normalized spacial score (nSPS) is 11.3. The number of aliphatic imine (C=N–C) groups is 1. The highest BCUT2D eigenvalue weighted by molar-refractivity contribution is 5.79. The molecule has 0 aliphatic rings. The van der Waals surface area contributed by atoms with Crippen LogP contribution in [0.15, 0.2) is 58.4 Å². The van der Waals surface area contributed by atoms with Crippen molar-refractivity contribution in [3.63, 3.8) is 0 Å².